The Hall–Kier alpha value is -3.02. The van der Waals surface area contributed by atoms with E-state index in [4.69, 9.17) is 9.47 Å². The second-order valence-electron chi connectivity index (χ2n) is 5.50. The molecule has 1 N–H and O–H groups in total. The van der Waals surface area contributed by atoms with Gasteiger partial charge in [-0.2, -0.15) is 0 Å². The van der Waals surface area contributed by atoms with Gasteiger partial charge in [-0.05, 0) is 37.3 Å². The summed E-state index contributed by atoms with van der Waals surface area (Å²) in [6.45, 7) is 2.96. The molecule has 0 bridgehead atoms. The number of aromatic nitrogens is 2. The lowest BCUT2D eigenvalue weighted by atomic mass is 10.2. The predicted molar refractivity (Wildman–Crippen MR) is 95.4 cm³/mol. The Morgan fingerprint density at radius 1 is 1.24 bits per heavy atom. The van der Waals surface area contributed by atoms with Crippen LogP contribution in [0.1, 0.15) is 23.0 Å². The van der Waals surface area contributed by atoms with Gasteiger partial charge < -0.3 is 19.2 Å². The summed E-state index contributed by atoms with van der Waals surface area (Å²) in [6, 6.07) is 11.0. The van der Waals surface area contributed by atoms with Crippen molar-refractivity contribution in [2.75, 3.05) is 20.3 Å². The predicted octanol–water partition coefficient (Wildman–Crippen LogP) is 2.71. The van der Waals surface area contributed by atoms with Crippen LogP contribution in [-0.2, 0) is 6.42 Å². The normalized spacial score (nSPS) is 10.6. The van der Waals surface area contributed by atoms with Gasteiger partial charge in [0.05, 0.1) is 19.4 Å². The van der Waals surface area contributed by atoms with Gasteiger partial charge in [-0.25, -0.2) is 4.98 Å². The zero-order valence-corrected chi connectivity index (χ0v) is 14.4. The number of hydrogen-bond acceptors (Lipinski definition) is 4. The van der Waals surface area contributed by atoms with Gasteiger partial charge in [0, 0.05) is 30.9 Å². The van der Waals surface area contributed by atoms with Crippen molar-refractivity contribution >= 4 is 11.6 Å². The topological polar surface area (TPSA) is 64.9 Å². The SMILES string of the molecule is CCOc1ccc(C(=O)NCCc2cn3ccccc3n2)cc1OC. The second-order valence-corrected chi connectivity index (χ2v) is 5.50. The van der Waals surface area contributed by atoms with Crippen LogP contribution in [0.15, 0.2) is 48.8 Å². The molecule has 0 saturated carbocycles. The summed E-state index contributed by atoms with van der Waals surface area (Å²) in [5.74, 6) is 1.03. The van der Waals surface area contributed by atoms with E-state index in [1.807, 2.05) is 41.9 Å². The zero-order valence-electron chi connectivity index (χ0n) is 14.4. The summed E-state index contributed by atoms with van der Waals surface area (Å²) >= 11 is 0. The maximum Gasteiger partial charge on any atom is 0.251 e. The molecule has 0 aliphatic heterocycles. The Kier molecular flexibility index (Phi) is 5.18. The van der Waals surface area contributed by atoms with Gasteiger partial charge in [0.25, 0.3) is 5.91 Å². The molecular formula is C19H21N3O3. The van der Waals surface area contributed by atoms with E-state index >= 15 is 0 Å². The molecule has 0 atom stereocenters. The third-order valence-electron chi connectivity index (χ3n) is 3.81. The number of fused-ring (bicyclic) bond motifs is 1. The third-order valence-corrected chi connectivity index (χ3v) is 3.81. The standard InChI is InChI=1S/C19H21N3O3/c1-3-25-16-8-7-14(12-17(16)24-2)19(23)20-10-9-15-13-22-11-5-4-6-18(22)21-15/h4-8,11-13H,3,9-10H2,1-2H3,(H,20,23). The number of imidazole rings is 1. The lowest BCUT2D eigenvalue weighted by molar-refractivity contribution is 0.0953. The Labute approximate surface area is 146 Å². The van der Waals surface area contributed by atoms with Gasteiger partial charge in [0.2, 0.25) is 0 Å². The lowest BCUT2D eigenvalue weighted by Gasteiger charge is -2.11. The van der Waals surface area contributed by atoms with Crippen LogP contribution in [0.4, 0.5) is 0 Å². The van der Waals surface area contributed by atoms with Crippen LogP contribution in [0.3, 0.4) is 0 Å². The average molecular weight is 339 g/mol. The molecule has 0 spiro atoms. The first kappa shape index (κ1) is 16.8. The van der Waals surface area contributed by atoms with Gasteiger partial charge >= 0.3 is 0 Å². The minimum Gasteiger partial charge on any atom is -0.493 e. The highest BCUT2D eigenvalue weighted by Gasteiger charge is 2.11. The highest BCUT2D eigenvalue weighted by atomic mass is 16.5. The molecule has 0 saturated heterocycles. The first-order valence-electron chi connectivity index (χ1n) is 8.23. The number of carbonyl (C=O) groups is 1. The number of pyridine rings is 1. The van der Waals surface area contributed by atoms with Crippen LogP contribution in [0.5, 0.6) is 11.5 Å². The molecule has 3 aromatic rings. The summed E-state index contributed by atoms with van der Waals surface area (Å²) in [6.07, 6.45) is 4.60. The van der Waals surface area contributed by atoms with E-state index in [1.165, 1.54) is 0 Å². The van der Waals surface area contributed by atoms with Crippen molar-refractivity contribution in [3.8, 4) is 11.5 Å². The largest absolute Gasteiger partial charge is 0.493 e. The van der Waals surface area contributed by atoms with Crippen LogP contribution >= 0.6 is 0 Å². The molecule has 6 nitrogen and oxygen atoms in total. The third kappa shape index (κ3) is 3.91. The smallest absolute Gasteiger partial charge is 0.251 e. The van der Waals surface area contributed by atoms with Gasteiger partial charge in [-0.15, -0.1) is 0 Å². The monoisotopic (exact) mass is 339 g/mol. The molecule has 130 valence electrons. The summed E-state index contributed by atoms with van der Waals surface area (Å²) < 4.78 is 12.7. The molecule has 1 amide bonds. The minimum absolute atomic E-state index is 0.148. The summed E-state index contributed by atoms with van der Waals surface area (Å²) in [7, 11) is 1.56. The molecule has 0 aliphatic rings. The molecular weight excluding hydrogens is 318 g/mol. The Morgan fingerprint density at radius 2 is 2.12 bits per heavy atom. The minimum atomic E-state index is -0.148. The maximum absolute atomic E-state index is 12.3. The van der Waals surface area contributed by atoms with Crippen LogP contribution < -0.4 is 14.8 Å². The molecule has 0 fully saturated rings. The van der Waals surface area contributed by atoms with E-state index in [0.717, 1.165) is 11.3 Å². The molecule has 0 radical (unpaired) electrons. The van der Waals surface area contributed by atoms with Crippen molar-refractivity contribution in [1.82, 2.24) is 14.7 Å². The number of nitrogens with one attached hydrogen (secondary N) is 1. The summed E-state index contributed by atoms with van der Waals surface area (Å²) in [5.41, 5.74) is 2.38. The van der Waals surface area contributed by atoms with Crippen LogP contribution in [0.2, 0.25) is 0 Å². The number of nitrogens with zero attached hydrogens (tertiary/aromatic N) is 2. The van der Waals surface area contributed by atoms with E-state index in [2.05, 4.69) is 10.3 Å². The summed E-state index contributed by atoms with van der Waals surface area (Å²) in [5, 5.41) is 2.91. The van der Waals surface area contributed by atoms with E-state index in [1.54, 1.807) is 25.3 Å². The zero-order chi connectivity index (χ0) is 17.6. The fraction of sp³-hybridized carbons (Fsp3) is 0.263. The van der Waals surface area contributed by atoms with Crippen molar-refractivity contribution in [3.05, 3.63) is 60.0 Å². The van der Waals surface area contributed by atoms with Gasteiger partial charge in [-0.3, -0.25) is 4.79 Å². The van der Waals surface area contributed by atoms with Gasteiger partial charge in [0.1, 0.15) is 5.65 Å². The molecule has 25 heavy (non-hydrogen) atoms. The lowest BCUT2D eigenvalue weighted by Crippen LogP contribution is -2.25. The highest BCUT2D eigenvalue weighted by Crippen LogP contribution is 2.27. The number of amides is 1. The number of carbonyl (C=O) groups excluding carboxylic acids is 1. The number of methoxy groups -OCH3 is 1. The van der Waals surface area contributed by atoms with Crippen molar-refractivity contribution in [2.24, 2.45) is 0 Å². The fourth-order valence-electron chi connectivity index (χ4n) is 2.60. The first-order chi connectivity index (χ1) is 12.2. The number of benzene rings is 1. The Morgan fingerprint density at radius 3 is 2.88 bits per heavy atom. The van der Waals surface area contributed by atoms with Crippen LogP contribution in [0, 0.1) is 0 Å². The van der Waals surface area contributed by atoms with E-state index < -0.39 is 0 Å². The number of hydrogen-bond donors (Lipinski definition) is 1. The molecule has 0 unspecified atom stereocenters. The quantitative estimate of drug-likeness (QED) is 0.719. The van der Waals surface area contributed by atoms with Gasteiger partial charge in [0.15, 0.2) is 11.5 Å². The molecule has 2 aromatic heterocycles. The molecule has 1 aromatic carbocycles. The second kappa shape index (κ2) is 7.70. The molecule has 6 heteroatoms. The van der Waals surface area contributed by atoms with Crippen molar-refractivity contribution in [3.63, 3.8) is 0 Å². The molecule has 3 rings (SSSR count). The van der Waals surface area contributed by atoms with E-state index in [9.17, 15) is 4.79 Å². The fourth-order valence-corrected chi connectivity index (χ4v) is 2.60. The van der Waals surface area contributed by atoms with E-state index in [0.29, 0.717) is 36.6 Å². The average Bonchev–Trinajstić information content (AvgIpc) is 3.05. The number of rotatable bonds is 7. The molecule has 2 heterocycles. The number of ether oxygens (including phenoxy) is 2. The first-order valence-corrected chi connectivity index (χ1v) is 8.23. The van der Waals surface area contributed by atoms with E-state index in [-0.39, 0.29) is 5.91 Å². The molecule has 0 aliphatic carbocycles. The van der Waals surface area contributed by atoms with Crippen molar-refractivity contribution in [1.29, 1.82) is 0 Å². The highest BCUT2D eigenvalue weighted by molar-refractivity contribution is 5.94. The van der Waals surface area contributed by atoms with Crippen LogP contribution in [-0.4, -0.2) is 35.6 Å². The van der Waals surface area contributed by atoms with Crippen LogP contribution in [0.25, 0.3) is 5.65 Å². The van der Waals surface area contributed by atoms with Crippen molar-refractivity contribution in [2.45, 2.75) is 13.3 Å². The Bertz CT molecular complexity index is 840. The summed E-state index contributed by atoms with van der Waals surface area (Å²) in [4.78, 5) is 16.8. The van der Waals surface area contributed by atoms with Gasteiger partial charge in [-0.1, -0.05) is 6.07 Å². The maximum atomic E-state index is 12.3. The Balaban J connectivity index is 1.60. The van der Waals surface area contributed by atoms with Crippen molar-refractivity contribution < 1.29 is 14.3 Å².